The molecule has 0 saturated carbocycles. The van der Waals surface area contributed by atoms with E-state index < -0.39 is 11.4 Å². The maximum absolute atomic E-state index is 12.1. The standard InChI is InChI=1S/C22H23NO3/c1-16-5-7-19(8-6-16)22(21(24)25)10-12-23(13-11-22)15-18-4-2-3-17-9-14-26-20(17)18/h2-9,14H,10-13,15H2,1H3,(H,24,25). The lowest BCUT2D eigenvalue weighted by Gasteiger charge is -2.39. The van der Waals surface area contributed by atoms with E-state index in [9.17, 15) is 9.90 Å². The fourth-order valence-electron chi connectivity index (χ4n) is 4.01. The van der Waals surface area contributed by atoms with Gasteiger partial charge in [-0.25, -0.2) is 0 Å². The van der Waals surface area contributed by atoms with Crippen LogP contribution in [-0.4, -0.2) is 29.1 Å². The molecular weight excluding hydrogens is 326 g/mol. The first-order valence-electron chi connectivity index (χ1n) is 9.06. The molecule has 0 atom stereocenters. The van der Waals surface area contributed by atoms with Gasteiger partial charge in [-0.15, -0.1) is 0 Å². The molecule has 4 heteroatoms. The minimum atomic E-state index is -0.777. The summed E-state index contributed by atoms with van der Waals surface area (Å²) >= 11 is 0. The summed E-state index contributed by atoms with van der Waals surface area (Å²) in [6.07, 6.45) is 2.97. The summed E-state index contributed by atoms with van der Waals surface area (Å²) in [5.41, 5.74) is 3.38. The van der Waals surface area contributed by atoms with Crippen molar-refractivity contribution in [3.05, 3.63) is 71.5 Å². The van der Waals surface area contributed by atoms with E-state index in [1.807, 2.05) is 49.4 Å². The molecular formula is C22H23NO3. The van der Waals surface area contributed by atoms with Crippen LogP contribution in [0.25, 0.3) is 11.0 Å². The normalized spacial score (nSPS) is 17.4. The number of carboxylic acids is 1. The van der Waals surface area contributed by atoms with Gasteiger partial charge in [0.15, 0.2) is 0 Å². The van der Waals surface area contributed by atoms with Crippen LogP contribution in [0.2, 0.25) is 0 Å². The largest absolute Gasteiger partial charge is 0.481 e. The molecule has 1 saturated heterocycles. The van der Waals surface area contributed by atoms with E-state index in [1.54, 1.807) is 6.26 Å². The Bertz CT molecular complexity index is 918. The van der Waals surface area contributed by atoms with Crippen molar-refractivity contribution in [2.24, 2.45) is 0 Å². The highest BCUT2D eigenvalue weighted by atomic mass is 16.4. The highest BCUT2D eigenvalue weighted by molar-refractivity contribution is 5.82. The van der Waals surface area contributed by atoms with Crippen LogP contribution in [0, 0.1) is 6.92 Å². The zero-order chi connectivity index (χ0) is 18.1. The molecule has 1 N–H and O–H groups in total. The summed E-state index contributed by atoms with van der Waals surface area (Å²) in [4.78, 5) is 14.5. The molecule has 1 aliphatic heterocycles. The van der Waals surface area contributed by atoms with Crippen molar-refractivity contribution >= 4 is 16.9 Å². The lowest BCUT2D eigenvalue weighted by atomic mass is 9.72. The number of hydrogen-bond donors (Lipinski definition) is 1. The molecule has 134 valence electrons. The summed E-state index contributed by atoms with van der Waals surface area (Å²) in [5, 5.41) is 11.1. The topological polar surface area (TPSA) is 53.7 Å². The van der Waals surface area contributed by atoms with Gasteiger partial charge in [0.1, 0.15) is 5.58 Å². The van der Waals surface area contributed by atoms with Gasteiger partial charge >= 0.3 is 5.97 Å². The van der Waals surface area contributed by atoms with Crippen LogP contribution in [0.5, 0.6) is 0 Å². The number of hydrogen-bond acceptors (Lipinski definition) is 3. The number of piperidine rings is 1. The van der Waals surface area contributed by atoms with Gasteiger partial charge in [-0.3, -0.25) is 9.69 Å². The molecule has 1 aromatic heterocycles. The summed E-state index contributed by atoms with van der Waals surface area (Å²) in [7, 11) is 0. The lowest BCUT2D eigenvalue weighted by molar-refractivity contribution is -0.146. The van der Waals surface area contributed by atoms with Crippen molar-refractivity contribution in [3.8, 4) is 0 Å². The number of likely N-dealkylation sites (tertiary alicyclic amines) is 1. The molecule has 0 amide bonds. The third-order valence-corrected chi connectivity index (χ3v) is 5.68. The van der Waals surface area contributed by atoms with E-state index in [0.29, 0.717) is 12.8 Å². The van der Waals surface area contributed by atoms with Gasteiger partial charge in [-0.05, 0) is 44.5 Å². The molecule has 2 heterocycles. The van der Waals surface area contributed by atoms with Crippen LogP contribution in [0.15, 0.2) is 59.2 Å². The van der Waals surface area contributed by atoms with Gasteiger partial charge in [0.05, 0.1) is 11.7 Å². The van der Waals surface area contributed by atoms with Crippen molar-refractivity contribution in [1.82, 2.24) is 4.90 Å². The van der Waals surface area contributed by atoms with Crippen LogP contribution in [-0.2, 0) is 16.8 Å². The Kier molecular flexibility index (Phi) is 4.29. The van der Waals surface area contributed by atoms with Crippen molar-refractivity contribution in [3.63, 3.8) is 0 Å². The number of carbonyl (C=O) groups is 1. The SMILES string of the molecule is Cc1ccc(C2(C(=O)O)CCN(Cc3cccc4ccoc34)CC2)cc1. The Labute approximate surface area is 153 Å². The van der Waals surface area contributed by atoms with Crippen molar-refractivity contribution in [2.75, 3.05) is 13.1 Å². The van der Waals surface area contributed by atoms with Crippen LogP contribution >= 0.6 is 0 Å². The van der Waals surface area contributed by atoms with Crippen LogP contribution in [0.4, 0.5) is 0 Å². The summed E-state index contributed by atoms with van der Waals surface area (Å²) in [6, 6.07) is 16.1. The smallest absolute Gasteiger partial charge is 0.314 e. The molecule has 0 spiro atoms. The lowest BCUT2D eigenvalue weighted by Crippen LogP contribution is -2.47. The zero-order valence-electron chi connectivity index (χ0n) is 14.9. The molecule has 0 unspecified atom stereocenters. The summed E-state index contributed by atoms with van der Waals surface area (Å²) in [6.45, 7) is 4.33. The average molecular weight is 349 g/mol. The fourth-order valence-corrected chi connectivity index (χ4v) is 4.01. The molecule has 1 fully saturated rings. The van der Waals surface area contributed by atoms with Gasteiger partial charge in [0.25, 0.3) is 0 Å². The van der Waals surface area contributed by atoms with Crippen LogP contribution in [0.3, 0.4) is 0 Å². The number of furan rings is 1. The number of rotatable bonds is 4. The molecule has 0 aliphatic carbocycles. The number of nitrogens with zero attached hydrogens (tertiary/aromatic N) is 1. The number of aliphatic carboxylic acids is 1. The third-order valence-electron chi connectivity index (χ3n) is 5.68. The van der Waals surface area contributed by atoms with Gasteiger partial charge in [0, 0.05) is 17.5 Å². The monoisotopic (exact) mass is 349 g/mol. The van der Waals surface area contributed by atoms with E-state index in [-0.39, 0.29) is 0 Å². The van der Waals surface area contributed by atoms with Crippen LogP contribution in [0.1, 0.15) is 29.5 Å². The maximum atomic E-state index is 12.1. The second kappa shape index (κ2) is 6.61. The first kappa shape index (κ1) is 16.9. The van der Waals surface area contributed by atoms with Gasteiger partial charge in [0.2, 0.25) is 0 Å². The van der Waals surface area contributed by atoms with Crippen molar-refractivity contribution in [1.29, 1.82) is 0 Å². The number of aryl methyl sites for hydroxylation is 1. The molecule has 2 aromatic carbocycles. The predicted molar refractivity (Wildman–Crippen MR) is 101 cm³/mol. The quantitative estimate of drug-likeness (QED) is 0.760. The molecule has 4 rings (SSSR count). The molecule has 3 aromatic rings. The highest BCUT2D eigenvalue weighted by Crippen LogP contribution is 2.37. The molecule has 0 radical (unpaired) electrons. The minimum absolute atomic E-state index is 0.625. The van der Waals surface area contributed by atoms with E-state index in [4.69, 9.17) is 4.42 Å². The number of para-hydroxylation sites is 1. The van der Waals surface area contributed by atoms with Gasteiger partial charge < -0.3 is 9.52 Å². The number of fused-ring (bicyclic) bond motifs is 1. The summed E-state index contributed by atoms with van der Waals surface area (Å²) < 4.78 is 5.63. The van der Waals surface area contributed by atoms with Gasteiger partial charge in [-0.2, -0.15) is 0 Å². The second-order valence-corrected chi connectivity index (χ2v) is 7.29. The third kappa shape index (κ3) is 2.90. The Balaban J connectivity index is 1.52. The maximum Gasteiger partial charge on any atom is 0.314 e. The van der Waals surface area contributed by atoms with Gasteiger partial charge in [-0.1, -0.05) is 48.0 Å². The minimum Gasteiger partial charge on any atom is -0.481 e. The predicted octanol–water partition coefficient (Wildman–Crippen LogP) is 4.36. The van der Waals surface area contributed by atoms with E-state index >= 15 is 0 Å². The van der Waals surface area contributed by atoms with Crippen molar-refractivity contribution < 1.29 is 14.3 Å². The van der Waals surface area contributed by atoms with Crippen LogP contribution < -0.4 is 0 Å². The molecule has 26 heavy (non-hydrogen) atoms. The van der Waals surface area contributed by atoms with E-state index in [1.165, 1.54) is 0 Å². The average Bonchev–Trinajstić information content (AvgIpc) is 3.13. The Morgan fingerprint density at radius 1 is 1.12 bits per heavy atom. The zero-order valence-corrected chi connectivity index (χ0v) is 14.9. The molecule has 4 nitrogen and oxygen atoms in total. The second-order valence-electron chi connectivity index (χ2n) is 7.29. The highest BCUT2D eigenvalue weighted by Gasteiger charge is 2.43. The Hall–Kier alpha value is -2.59. The fraction of sp³-hybridized carbons (Fsp3) is 0.318. The number of benzene rings is 2. The van der Waals surface area contributed by atoms with E-state index in [0.717, 1.165) is 47.3 Å². The number of carboxylic acid groups (broad SMARTS) is 1. The first-order valence-corrected chi connectivity index (χ1v) is 9.06. The first-order chi connectivity index (χ1) is 12.6. The Morgan fingerprint density at radius 2 is 1.85 bits per heavy atom. The van der Waals surface area contributed by atoms with E-state index in [2.05, 4.69) is 11.0 Å². The summed E-state index contributed by atoms with van der Waals surface area (Å²) in [5.74, 6) is -0.714. The van der Waals surface area contributed by atoms with Crippen molar-refractivity contribution in [2.45, 2.75) is 31.7 Å². The molecule has 0 bridgehead atoms. The molecule has 1 aliphatic rings. The Morgan fingerprint density at radius 3 is 2.54 bits per heavy atom.